The van der Waals surface area contributed by atoms with Crippen LogP contribution in [0.2, 0.25) is 0 Å². The van der Waals surface area contributed by atoms with Gasteiger partial charge in [-0.25, -0.2) is 0 Å². The number of benzene rings is 4. The highest BCUT2D eigenvalue weighted by Gasteiger charge is 2.12. The quantitative estimate of drug-likeness (QED) is 0.345. The smallest absolute Gasteiger partial charge is 0.203 e. The van der Waals surface area contributed by atoms with E-state index in [-0.39, 0.29) is 0 Å². The second-order valence-electron chi connectivity index (χ2n) is 7.79. The van der Waals surface area contributed by atoms with E-state index in [1.54, 1.807) is 35.5 Å². The lowest BCUT2D eigenvalue weighted by atomic mass is 10.0. The summed E-state index contributed by atoms with van der Waals surface area (Å²) >= 11 is 0. The zero-order valence-electron chi connectivity index (χ0n) is 20.9. The number of methoxy groups -OCH3 is 5. The van der Waals surface area contributed by atoms with Gasteiger partial charge in [-0.05, 0) is 59.3 Å². The fourth-order valence-corrected chi connectivity index (χ4v) is 3.72. The van der Waals surface area contributed by atoms with Crippen LogP contribution >= 0.6 is 0 Å². The monoisotopic (exact) mass is 478 g/mol. The topological polar surface area (TPSA) is 46.2 Å². The van der Waals surface area contributed by atoms with E-state index in [4.69, 9.17) is 23.7 Å². The number of rotatable bonds is 5. The molecule has 0 aliphatic heterocycles. The van der Waals surface area contributed by atoms with Gasteiger partial charge in [-0.2, -0.15) is 0 Å². The molecule has 0 aliphatic rings. The molecular weight excluding hydrogens is 452 g/mol. The third-order valence-electron chi connectivity index (χ3n) is 5.56. The average Bonchev–Trinajstić information content (AvgIpc) is 2.93. The molecule has 5 heteroatoms. The van der Waals surface area contributed by atoms with Gasteiger partial charge >= 0.3 is 0 Å². The molecule has 0 saturated carbocycles. The van der Waals surface area contributed by atoms with E-state index in [9.17, 15) is 0 Å². The van der Waals surface area contributed by atoms with Crippen LogP contribution in [0.3, 0.4) is 0 Å². The van der Waals surface area contributed by atoms with Crippen molar-refractivity contribution in [2.75, 3.05) is 35.5 Å². The van der Waals surface area contributed by atoms with Crippen molar-refractivity contribution in [3.63, 3.8) is 0 Å². The predicted octanol–water partition coefficient (Wildman–Crippen LogP) is 5.68. The van der Waals surface area contributed by atoms with Crippen molar-refractivity contribution < 1.29 is 23.7 Å². The van der Waals surface area contributed by atoms with E-state index >= 15 is 0 Å². The normalized spacial score (nSPS) is 9.92. The first-order chi connectivity index (χ1) is 17.6. The molecule has 5 nitrogen and oxygen atoms in total. The van der Waals surface area contributed by atoms with Crippen molar-refractivity contribution in [2.45, 2.75) is 0 Å². The second kappa shape index (κ2) is 11.1. The van der Waals surface area contributed by atoms with Crippen molar-refractivity contribution in [1.82, 2.24) is 0 Å². The molecule has 4 aromatic carbocycles. The summed E-state index contributed by atoms with van der Waals surface area (Å²) in [4.78, 5) is 0. The van der Waals surface area contributed by atoms with Crippen LogP contribution in [-0.2, 0) is 0 Å². The van der Waals surface area contributed by atoms with Crippen molar-refractivity contribution in [3.05, 3.63) is 89.0 Å². The third kappa shape index (κ3) is 5.49. The Morgan fingerprint density at radius 1 is 0.417 bits per heavy atom. The molecule has 0 saturated heterocycles. The van der Waals surface area contributed by atoms with Gasteiger partial charge in [-0.15, -0.1) is 0 Å². The van der Waals surface area contributed by atoms with E-state index in [0.717, 1.165) is 33.0 Å². The zero-order chi connectivity index (χ0) is 25.5. The second-order valence-corrected chi connectivity index (χ2v) is 7.79. The first kappa shape index (κ1) is 24.4. The van der Waals surface area contributed by atoms with Gasteiger partial charge in [0.15, 0.2) is 11.5 Å². The number of ether oxygens (including phenoxy) is 5. The summed E-state index contributed by atoms with van der Waals surface area (Å²) in [5.41, 5.74) is 3.37. The van der Waals surface area contributed by atoms with Gasteiger partial charge in [0.1, 0.15) is 11.5 Å². The zero-order valence-corrected chi connectivity index (χ0v) is 20.9. The minimum absolute atomic E-state index is 0.539. The molecule has 0 amide bonds. The van der Waals surface area contributed by atoms with Gasteiger partial charge in [0.05, 0.1) is 35.5 Å². The fourth-order valence-electron chi connectivity index (χ4n) is 3.72. The van der Waals surface area contributed by atoms with Crippen LogP contribution in [0.15, 0.2) is 66.7 Å². The molecule has 0 aliphatic carbocycles. The van der Waals surface area contributed by atoms with Gasteiger partial charge in [0, 0.05) is 28.3 Å². The van der Waals surface area contributed by atoms with E-state index < -0.39 is 0 Å². The Morgan fingerprint density at radius 3 is 1.33 bits per heavy atom. The lowest BCUT2D eigenvalue weighted by Gasteiger charge is -2.12. The molecule has 0 unspecified atom stereocenters. The van der Waals surface area contributed by atoms with Crippen LogP contribution in [0.4, 0.5) is 0 Å². The molecule has 0 heterocycles. The van der Waals surface area contributed by atoms with Crippen molar-refractivity contribution >= 4 is 10.8 Å². The Labute approximate surface area is 211 Å². The summed E-state index contributed by atoms with van der Waals surface area (Å²) in [5, 5.41) is 2.17. The van der Waals surface area contributed by atoms with E-state index in [0.29, 0.717) is 28.7 Å². The lowest BCUT2D eigenvalue weighted by molar-refractivity contribution is 0.324. The van der Waals surface area contributed by atoms with Crippen molar-refractivity contribution in [1.29, 1.82) is 0 Å². The van der Waals surface area contributed by atoms with Gasteiger partial charge in [0.25, 0.3) is 0 Å². The van der Waals surface area contributed by atoms with Crippen LogP contribution in [-0.4, -0.2) is 35.5 Å². The highest BCUT2D eigenvalue weighted by Crippen LogP contribution is 2.38. The summed E-state index contributed by atoms with van der Waals surface area (Å²) in [7, 11) is 7.99. The van der Waals surface area contributed by atoms with Gasteiger partial charge in [-0.1, -0.05) is 35.8 Å². The van der Waals surface area contributed by atoms with Crippen molar-refractivity contribution in [3.8, 4) is 52.4 Å². The number of hydrogen-bond donors (Lipinski definition) is 0. The average molecular weight is 479 g/mol. The standard InChI is InChI=1S/C31H26O5/c1-32-27-16-23(17-28(20-27)33-2)8-6-21-10-12-25-13-11-22(15-26(25)14-21)7-9-24-18-29(34-3)31(36-5)30(19-24)35-4/h10-20H,1-5H3. The molecular formula is C31H26O5. The number of fused-ring (bicyclic) bond motifs is 1. The summed E-state index contributed by atoms with van der Waals surface area (Å²) in [6, 6.07) is 21.5. The van der Waals surface area contributed by atoms with Crippen molar-refractivity contribution in [2.24, 2.45) is 0 Å². The first-order valence-electron chi connectivity index (χ1n) is 11.2. The van der Waals surface area contributed by atoms with E-state index in [1.165, 1.54) is 0 Å². The third-order valence-corrected chi connectivity index (χ3v) is 5.56. The predicted molar refractivity (Wildman–Crippen MR) is 142 cm³/mol. The SMILES string of the molecule is COc1cc(C#Cc2ccc3ccc(C#Cc4cc(OC)c(OC)c(OC)c4)cc3c2)cc(OC)c1. The Bertz CT molecular complexity index is 1480. The minimum Gasteiger partial charge on any atom is -0.497 e. The maximum atomic E-state index is 5.42. The van der Waals surface area contributed by atoms with Crippen LogP contribution < -0.4 is 23.7 Å². The Morgan fingerprint density at radius 2 is 0.889 bits per heavy atom. The minimum atomic E-state index is 0.539. The largest absolute Gasteiger partial charge is 0.497 e. The van der Waals surface area contributed by atoms with Gasteiger partial charge in [-0.3, -0.25) is 0 Å². The van der Waals surface area contributed by atoms with Crippen LogP contribution in [0, 0.1) is 23.7 Å². The Kier molecular flexibility index (Phi) is 7.54. The summed E-state index contributed by atoms with van der Waals surface area (Å²) in [6.07, 6.45) is 0. The fraction of sp³-hybridized carbons (Fsp3) is 0.161. The van der Waals surface area contributed by atoms with Crippen LogP contribution in [0.5, 0.6) is 28.7 Å². The van der Waals surface area contributed by atoms with Gasteiger partial charge < -0.3 is 23.7 Å². The van der Waals surface area contributed by atoms with E-state index in [2.05, 4.69) is 47.9 Å². The number of hydrogen-bond acceptors (Lipinski definition) is 5. The van der Waals surface area contributed by atoms with Crippen LogP contribution in [0.1, 0.15) is 22.3 Å². The van der Waals surface area contributed by atoms with Gasteiger partial charge in [0.2, 0.25) is 5.75 Å². The summed E-state index contributed by atoms with van der Waals surface area (Å²) in [5.74, 6) is 15.9. The Hall–Kier alpha value is -4.74. The molecule has 180 valence electrons. The lowest BCUT2D eigenvalue weighted by Crippen LogP contribution is -1.95. The first-order valence-corrected chi connectivity index (χ1v) is 11.2. The molecule has 0 atom stereocenters. The van der Waals surface area contributed by atoms with E-state index in [1.807, 2.05) is 42.5 Å². The maximum absolute atomic E-state index is 5.42. The highest BCUT2D eigenvalue weighted by atomic mass is 16.5. The molecule has 36 heavy (non-hydrogen) atoms. The summed E-state index contributed by atoms with van der Waals surface area (Å²) in [6.45, 7) is 0. The molecule has 0 aromatic heterocycles. The Balaban J connectivity index is 1.64. The molecule has 0 radical (unpaired) electrons. The molecule has 0 N–H and O–H groups in total. The molecule has 4 rings (SSSR count). The highest BCUT2D eigenvalue weighted by molar-refractivity contribution is 5.85. The maximum Gasteiger partial charge on any atom is 0.203 e. The molecule has 0 bridgehead atoms. The van der Waals surface area contributed by atoms with Crippen LogP contribution in [0.25, 0.3) is 10.8 Å². The molecule has 0 fully saturated rings. The summed E-state index contributed by atoms with van der Waals surface area (Å²) < 4.78 is 26.9. The molecule has 0 spiro atoms. The molecule has 4 aromatic rings.